The molecule has 5 nitrogen and oxygen atoms in total. The van der Waals surface area contributed by atoms with Crippen molar-refractivity contribution in [2.24, 2.45) is 0 Å². The fourth-order valence-corrected chi connectivity index (χ4v) is 1.51. The summed E-state index contributed by atoms with van der Waals surface area (Å²) in [5.74, 6) is 0.0888. The zero-order valence-corrected chi connectivity index (χ0v) is 9.48. The third-order valence-electron chi connectivity index (χ3n) is 2.17. The van der Waals surface area contributed by atoms with Gasteiger partial charge in [-0.25, -0.2) is 0 Å². The van der Waals surface area contributed by atoms with E-state index in [9.17, 15) is 4.79 Å². The molecule has 0 spiro atoms. The van der Waals surface area contributed by atoms with Gasteiger partial charge >= 0.3 is 0 Å². The molecule has 0 saturated heterocycles. The summed E-state index contributed by atoms with van der Waals surface area (Å²) < 4.78 is 10.0. The van der Waals surface area contributed by atoms with E-state index in [1.54, 1.807) is 12.1 Å². The second-order valence-electron chi connectivity index (χ2n) is 3.33. The van der Waals surface area contributed by atoms with Crippen LogP contribution in [0.4, 0.5) is 0 Å². The molecule has 1 unspecified atom stereocenters. The second-order valence-corrected chi connectivity index (χ2v) is 3.70. The minimum Gasteiger partial charge on any atom is -0.467 e. The van der Waals surface area contributed by atoms with Crippen molar-refractivity contribution < 1.29 is 18.7 Å². The standard InChI is InChI=1S/C11H10ClNO4/c12-10-4-3-9(17-10)11(15)13-7(6-14)8-2-1-5-16-8/h1-5,7,14H,6H2,(H,13,15). The van der Waals surface area contributed by atoms with Crippen molar-refractivity contribution >= 4 is 17.5 Å². The SMILES string of the molecule is O=C(NC(CO)c1ccco1)c1ccc(Cl)o1. The predicted molar refractivity (Wildman–Crippen MR) is 59.7 cm³/mol. The van der Waals surface area contributed by atoms with Gasteiger partial charge < -0.3 is 19.3 Å². The Kier molecular flexibility index (Phi) is 3.51. The maximum Gasteiger partial charge on any atom is 0.287 e. The highest BCUT2D eigenvalue weighted by atomic mass is 35.5. The molecule has 0 radical (unpaired) electrons. The molecule has 0 aliphatic rings. The van der Waals surface area contributed by atoms with Crippen molar-refractivity contribution in [3.8, 4) is 0 Å². The Morgan fingerprint density at radius 2 is 2.29 bits per heavy atom. The predicted octanol–water partition coefficient (Wildman–Crippen LogP) is 1.99. The van der Waals surface area contributed by atoms with Gasteiger partial charge in [-0.2, -0.15) is 0 Å². The molecule has 0 aliphatic carbocycles. The van der Waals surface area contributed by atoms with Gasteiger partial charge in [-0.15, -0.1) is 0 Å². The monoisotopic (exact) mass is 255 g/mol. The summed E-state index contributed by atoms with van der Waals surface area (Å²) in [4.78, 5) is 11.7. The Labute approximate surface area is 102 Å². The first-order valence-electron chi connectivity index (χ1n) is 4.91. The maximum absolute atomic E-state index is 11.7. The van der Waals surface area contributed by atoms with Crippen LogP contribution in [-0.4, -0.2) is 17.6 Å². The van der Waals surface area contributed by atoms with Crippen molar-refractivity contribution in [3.63, 3.8) is 0 Å². The van der Waals surface area contributed by atoms with Gasteiger partial charge in [0.15, 0.2) is 11.0 Å². The van der Waals surface area contributed by atoms with Crippen LogP contribution in [0.5, 0.6) is 0 Å². The zero-order valence-electron chi connectivity index (χ0n) is 8.72. The number of aliphatic hydroxyl groups excluding tert-OH is 1. The summed E-state index contributed by atoms with van der Waals surface area (Å²) in [6, 6.07) is 5.65. The van der Waals surface area contributed by atoms with Gasteiger partial charge in [0.2, 0.25) is 0 Å². The van der Waals surface area contributed by atoms with Crippen molar-refractivity contribution in [2.75, 3.05) is 6.61 Å². The van der Waals surface area contributed by atoms with E-state index in [1.807, 2.05) is 0 Å². The molecule has 17 heavy (non-hydrogen) atoms. The largest absolute Gasteiger partial charge is 0.467 e. The molecule has 2 N–H and O–H groups in total. The van der Waals surface area contributed by atoms with Crippen LogP contribution in [0, 0.1) is 0 Å². The highest BCUT2D eigenvalue weighted by molar-refractivity contribution is 6.29. The number of nitrogens with one attached hydrogen (secondary N) is 1. The summed E-state index contributed by atoms with van der Waals surface area (Å²) in [6.45, 7) is -0.270. The molecule has 1 atom stereocenters. The lowest BCUT2D eigenvalue weighted by molar-refractivity contribution is 0.0879. The van der Waals surface area contributed by atoms with Gasteiger partial charge in [0, 0.05) is 0 Å². The highest BCUT2D eigenvalue weighted by Crippen LogP contribution is 2.16. The number of carbonyl (C=O) groups excluding carboxylic acids is 1. The summed E-state index contributed by atoms with van der Waals surface area (Å²) in [5, 5.41) is 11.9. The van der Waals surface area contributed by atoms with Gasteiger partial charge in [0.1, 0.15) is 11.8 Å². The van der Waals surface area contributed by atoms with Crippen LogP contribution in [0.2, 0.25) is 5.22 Å². The minimum atomic E-state index is -0.610. The molecule has 2 aromatic heterocycles. The Morgan fingerprint density at radius 1 is 1.47 bits per heavy atom. The highest BCUT2D eigenvalue weighted by Gasteiger charge is 2.19. The normalized spacial score (nSPS) is 12.4. The molecule has 2 rings (SSSR count). The first-order valence-corrected chi connectivity index (χ1v) is 5.29. The molecular formula is C11H10ClNO4. The van der Waals surface area contributed by atoms with E-state index in [1.165, 1.54) is 18.4 Å². The van der Waals surface area contributed by atoms with E-state index >= 15 is 0 Å². The van der Waals surface area contributed by atoms with E-state index in [2.05, 4.69) is 5.32 Å². The average molecular weight is 256 g/mol. The van der Waals surface area contributed by atoms with Crippen molar-refractivity contribution in [1.82, 2.24) is 5.32 Å². The number of rotatable bonds is 4. The van der Waals surface area contributed by atoms with E-state index in [0.29, 0.717) is 5.76 Å². The summed E-state index contributed by atoms with van der Waals surface area (Å²) in [6.07, 6.45) is 1.47. The number of hydrogen-bond acceptors (Lipinski definition) is 4. The second kappa shape index (κ2) is 5.07. The quantitative estimate of drug-likeness (QED) is 0.876. The van der Waals surface area contributed by atoms with Crippen molar-refractivity contribution in [2.45, 2.75) is 6.04 Å². The molecule has 0 bridgehead atoms. The molecule has 6 heteroatoms. The van der Waals surface area contributed by atoms with Crippen LogP contribution in [-0.2, 0) is 0 Å². The number of amides is 1. The number of furan rings is 2. The Bertz CT molecular complexity index is 491. The van der Waals surface area contributed by atoms with Crippen LogP contribution in [0.3, 0.4) is 0 Å². The van der Waals surface area contributed by atoms with E-state index in [-0.39, 0.29) is 17.6 Å². The number of hydrogen-bond donors (Lipinski definition) is 2. The van der Waals surface area contributed by atoms with Gasteiger partial charge in [-0.05, 0) is 35.9 Å². The van der Waals surface area contributed by atoms with Gasteiger partial charge in [-0.3, -0.25) is 4.79 Å². The van der Waals surface area contributed by atoms with Crippen LogP contribution in [0.15, 0.2) is 39.4 Å². The number of halogens is 1. The minimum absolute atomic E-state index is 0.0833. The molecule has 1 amide bonds. The lowest BCUT2D eigenvalue weighted by Gasteiger charge is -2.12. The third-order valence-corrected chi connectivity index (χ3v) is 2.37. The van der Waals surface area contributed by atoms with Gasteiger partial charge in [0.25, 0.3) is 5.91 Å². The van der Waals surface area contributed by atoms with Crippen molar-refractivity contribution in [3.05, 3.63) is 47.3 Å². The summed E-state index contributed by atoms with van der Waals surface area (Å²) in [7, 11) is 0. The summed E-state index contributed by atoms with van der Waals surface area (Å²) >= 11 is 5.56. The molecule has 2 aromatic rings. The van der Waals surface area contributed by atoms with Crippen LogP contribution in [0.1, 0.15) is 22.4 Å². The first-order chi connectivity index (χ1) is 8.20. The van der Waals surface area contributed by atoms with Crippen LogP contribution in [0.25, 0.3) is 0 Å². The maximum atomic E-state index is 11.7. The lowest BCUT2D eigenvalue weighted by atomic mass is 10.2. The zero-order chi connectivity index (χ0) is 12.3. The molecule has 0 saturated carbocycles. The first kappa shape index (κ1) is 11.8. The Hall–Kier alpha value is -1.72. The lowest BCUT2D eigenvalue weighted by Crippen LogP contribution is -2.30. The molecule has 0 fully saturated rings. The Balaban J connectivity index is 2.07. The number of carbonyl (C=O) groups is 1. The summed E-state index contributed by atoms with van der Waals surface area (Å²) in [5.41, 5.74) is 0. The topological polar surface area (TPSA) is 75.6 Å². The van der Waals surface area contributed by atoms with E-state index in [0.717, 1.165) is 0 Å². The third kappa shape index (κ3) is 2.69. The van der Waals surface area contributed by atoms with E-state index in [4.69, 9.17) is 25.5 Å². The van der Waals surface area contributed by atoms with Crippen molar-refractivity contribution in [1.29, 1.82) is 0 Å². The van der Waals surface area contributed by atoms with Gasteiger partial charge in [-0.1, -0.05) is 0 Å². The fraction of sp³-hybridized carbons (Fsp3) is 0.182. The average Bonchev–Trinajstić information content (AvgIpc) is 2.96. The van der Waals surface area contributed by atoms with Gasteiger partial charge in [0.05, 0.1) is 12.9 Å². The molecule has 90 valence electrons. The van der Waals surface area contributed by atoms with E-state index < -0.39 is 11.9 Å². The smallest absolute Gasteiger partial charge is 0.287 e. The molecular weight excluding hydrogens is 246 g/mol. The molecule has 0 aliphatic heterocycles. The fourth-order valence-electron chi connectivity index (χ4n) is 1.36. The molecule has 0 aromatic carbocycles. The van der Waals surface area contributed by atoms with Crippen LogP contribution >= 0.6 is 11.6 Å². The molecule has 2 heterocycles. The Morgan fingerprint density at radius 3 is 2.82 bits per heavy atom. The number of aliphatic hydroxyl groups is 1. The van der Waals surface area contributed by atoms with Crippen LogP contribution < -0.4 is 5.32 Å².